The second-order valence-electron chi connectivity index (χ2n) is 10.4. The molecular formula is C24H29F2N7O5S. The van der Waals surface area contributed by atoms with E-state index in [4.69, 9.17) is 8.92 Å². The van der Waals surface area contributed by atoms with Crippen LogP contribution in [0.15, 0.2) is 24.7 Å². The number of fused-ring (bicyclic) bond motifs is 3. The van der Waals surface area contributed by atoms with Crippen molar-refractivity contribution in [3.8, 4) is 0 Å². The fourth-order valence-corrected chi connectivity index (χ4v) is 6.13. The lowest BCUT2D eigenvalue weighted by molar-refractivity contribution is 0.0988. The Hall–Kier alpha value is -3.17. The van der Waals surface area contributed by atoms with Crippen LogP contribution in [0.5, 0.6) is 0 Å². The summed E-state index contributed by atoms with van der Waals surface area (Å²) in [6, 6.07) is 1.93. The predicted molar refractivity (Wildman–Crippen MR) is 135 cm³/mol. The van der Waals surface area contributed by atoms with E-state index >= 15 is 0 Å². The molecule has 210 valence electrons. The normalized spacial score (nSPS) is 25.2. The smallest absolute Gasteiger partial charge is 0.284 e. The van der Waals surface area contributed by atoms with Crippen LogP contribution in [-0.4, -0.2) is 76.9 Å². The summed E-state index contributed by atoms with van der Waals surface area (Å²) in [6.07, 6.45) is 6.37. The number of alkyl halides is 2. The Labute approximate surface area is 223 Å². The van der Waals surface area contributed by atoms with Gasteiger partial charge in [-0.1, -0.05) is 0 Å². The average molecular weight is 566 g/mol. The number of rotatable bonds is 8. The van der Waals surface area contributed by atoms with Gasteiger partial charge in [0.25, 0.3) is 22.5 Å². The average Bonchev–Trinajstić information content (AvgIpc) is 3.70. The zero-order valence-corrected chi connectivity index (χ0v) is 22.1. The van der Waals surface area contributed by atoms with Gasteiger partial charge in [0, 0.05) is 18.9 Å². The van der Waals surface area contributed by atoms with Crippen molar-refractivity contribution < 1.29 is 30.9 Å². The molecule has 6 rings (SSSR count). The van der Waals surface area contributed by atoms with Crippen molar-refractivity contribution in [2.24, 2.45) is 5.92 Å². The topological polar surface area (TPSA) is 133 Å². The fourth-order valence-electron chi connectivity index (χ4n) is 5.70. The molecule has 3 aromatic heterocycles. The molecule has 12 nitrogen and oxygen atoms in total. The van der Waals surface area contributed by atoms with Crippen molar-refractivity contribution in [2.45, 2.75) is 56.7 Å². The standard InChI is InChI=1S/C24H29F2N7O5S/c1-39(35,36)38-12-14-2-4-15(5-3-14)33-11-19(21(30-33)22(25)26)28-24(34)18-9-27-32-7-6-20(29-23(18)32)31-10-17-8-16(31)13-37-17/h6-7,9,11,14-17,22H,2-5,8,10,12-13H2,1H3,(H,28,34)/t14?,15?,16-,17-/m1/s1. The van der Waals surface area contributed by atoms with E-state index < -0.39 is 28.1 Å². The summed E-state index contributed by atoms with van der Waals surface area (Å²) in [4.78, 5) is 20.0. The third-order valence-corrected chi connectivity index (χ3v) is 8.28. The number of nitrogens with zero attached hydrogens (tertiary/aromatic N) is 6. The highest BCUT2D eigenvalue weighted by Crippen LogP contribution is 2.35. The molecule has 39 heavy (non-hydrogen) atoms. The maximum absolute atomic E-state index is 13.9. The zero-order valence-electron chi connectivity index (χ0n) is 21.2. The predicted octanol–water partition coefficient (Wildman–Crippen LogP) is 2.80. The first-order valence-corrected chi connectivity index (χ1v) is 14.7. The van der Waals surface area contributed by atoms with Gasteiger partial charge in [-0.15, -0.1) is 0 Å². The number of amides is 1. The molecule has 3 fully saturated rings. The van der Waals surface area contributed by atoms with Gasteiger partial charge in [-0.2, -0.15) is 18.6 Å². The molecule has 2 bridgehead atoms. The molecular weight excluding hydrogens is 536 g/mol. The van der Waals surface area contributed by atoms with Crippen LogP contribution in [0, 0.1) is 5.92 Å². The molecule has 0 spiro atoms. The second kappa shape index (κ2) is 10.1. The van der Waals surface area contributed by atoms with E-state index in [1.165, 1.54) is 21.6 Å². The van der Waals surface area contributed by atoms with Crippen LogP contribution in [0.25, 0.3) is 5.65 Å². The van der Waals surface area contributed by atoms with E-state index in [-0.39, 0.29) is 42.0 Å². The van der Waals surface area contributed by atoms with Crippen molar-refractivity contribution in [1.29, 1.82) is 0 Å². The number of hydrogen-bond acceptors (Lipinski definition) is 9. The first-order chi connectivity index (χ1) is 18.6. The lowest BCUT2D eigenvalue weighted by Crippen LogP contribution is -2.37. The molecule has 0 unspecified atom stereocenters. The Morgan fingerprint density at radius 1 is 1.26 bits per heavy atom. The monoisotopic (exact) mass is 565 g/mol. The minimum atomic E-state index is -3.51. The quantitative estimate of drug-likeness (QED) is 0.409. The number of ether oxygens (including phenoxy) is 1. The Morgan fingerprint density at radius 3 is 2.72 bits per heavy atom. The summed E-state index contributed by atoms with van der Waals surface area (Å²) in [5.74, 6) is 0.173. The highest BCUT2D eigenvalue weighted by Gasteiger charge is 2.39. The third-order valence-electron chi connectivity index (χ3n) is 7.72. The van der Waals surface area contributed by atoms with Crippen LogP contribution >= 0.6 is 0 Å². The highest BCUT2D eigenvalue weighted by molar-refractivity contribution is 7.85. The molecule has 0 radical (unpaired) electrons. The van der Waals surface area contributed by atoms with Crippen LogP contribution in [0.2, 0.25) is 0 Å². The number of nitrogens with one attached hydrogen (secondary N) is 1. The first-order valence-electron chi connectivity index (χ1n) is 12.9. The molecule has 1 N–H and O–H groups in total. The number of carbonyl (C=O) groups excluding carboxylic acids is 1. The van der Waals surface area contributed by atoms with E-state index in [9.17, 15) is 22.0 Å². The van der Waals surface area contributed by atoms with Gasteiger partial charge in [0.15, 0.2) is 11.3 Å². The lowest BCUT2D eigenvalue weighted by Gasteiger charge is -2.28. The van der Waals surface area contributed by atoms with Gasteiger partial charge in [-0.25, -0.2) is 18.3 Å². The summed E-state index contributed by atoms with van der Waals surface area (Å²) in [5.41, 5.74) is -0.0859. The molecule has 3 aromatic rings. The molecule has 5 heterocycles. The molecule has 1 amide bonds. The van der Waals surface area contributed by atoms with Crippen molar-refractivity contribution in [1.82, 2.24) is 24.4 Å². The summed E-state index contributed by atoms with van der Waals surface area (Å²) in [7, 11) is -3.51. The Kier molecular flexibility index (Phi) is 6.75. The van der Waals surface area contributed by atoms with Crippen LogP contribution in [-0.2, 0) is 19.0 Å². The van der Waals surface area contributed by atoms with Gasteiger partial charge in [-0.3, -0.25) is 13.7 Å². The number of aromatic nitrogens is 5. The largest absolute Gasteiger partial charge is 0.374 e. The van der Waals surface area contributed by atoms with Gasteiger partial charge < -0.3 is 15.0 Å². The number of morpholine rings is 1. The van der Waals surface area contributed by atoms with E-state index in [1.54, 1.807) is 6.20 Å². The van der Waals surface area contributed by atoms with Crippen LogP contribution in [0.3, 0.4) is 0 Å². The lowest BCUT2D eigenvalue weighted by atomic mass is 9.87. The molecule has 1 saturated carbocycles. The molecule has 0 aromatic carbocycles. The van der Waals surface area contributed by atoms with E-state index in [1.807, 2.05) is 6.07 Å². The van der Waals surface area contributed by atoms with Gasteiger partial charge in [-0.05, 0) is 44.1 Å². The summed E-state index contributed by atoms with van der Waals surface area (Å²) >= 11 is 0. The summed E-state index contributed by atoms with van der Waals surface area (Å²) in [5, 5.41) is 10.9. The summed E-state index contributed by atoms with van der Waals surface area (Å²) in [6.45, 7) is 1.48. The molecule has 2 aliphatic heterocycles. The van der Waals surface area contributed by atoms with Gasteiger partial charge in [0.05, 0.1) is 49.5 Å². The summed E-state index contributed by atoms with van der Waals surface area (Å²) < 4.78 is 63.8. The minimum Gasteiger partial charge on any atom is -0.374 e. The van der Waals surface area contributed by atoms with Crippen LogP contribution in [0.1, 0.15) is 60.6 Å². The van der Waals surface area contributed by atoms with Crippen LogP contribution < -0.4 is 10.2 Å². The van der Waals surface area contributed by atoms with Crippen molar-refractivity contribution in [3.63, 3.8) is 0 Å². The van der Waals surface area contributed by atoms with E-state index in [0.717, 1.165) is 19.2 Å². The Balaban J connectivity index is 1.17. The maximum atomic E-state index is 13.9. The number of halogens is 2. The Bertz CT molecular complexity index is 1490. The maximum Gasteiger partial charge on any atom is 0.284 e. The van der Waals surface area contributed by atoms with Crippen LogP contribution in [0.4, 0.5) is 20.3 Å². The SMILES string of the molecule is CS(=O)(=O)OCC1CCC(n2cc(NC(=O)c3cnn4ccc(N5C[C@H]6C[C@@H]5CO6)nc34)c(C(F)F)n2)CC1. The molecule has 2 atom stereocenters. The molecule has 2 saturated heterocycles. The van der Waals surface area contributed by atoms with Crippen molar-refractivity contribution >= 4 is 33.2 Å². The van der Waals surface area contributed by atoms with Crippen molar-refractivity contribution in [3.05, 3.63) is 35.9 Å². The Morgan fingerprint density at radius 2 is 2.05 bits per heavy atom. The molecule has 3 aliphatic rings. The second-order valence-corrected chi connectivity index (χ2v) is 12.1. The fraction of sp³-hybridized carbons (Fsp3) is 0.583. The number of anilines is 2. The van der Waals surface area contributed by atoms with Gasteiger partial charge >= 0.3 is 0 Å². The zero-order chi connectivity index (χ0) is 27.3. The molecule has 1 aliphatic carbocycles. The van der Waals surface area contributed by atoms with Crippen molar-refractivity contribution in [2.75, 3.05) is 36.2 Å². The van der Waals surface area contributed by atoms with Gasteiger partial charge in [0.1, 0.15) is 11.4 Å². The first kappa shape index (κ1) is 26.1. The number of carbonyl (C=O) groups is 1. The van der Waals surface area contributed by atoms with Gasteiger partial charge in [0.2, 0.25) is 0 Å². The van der Waals surface area contributed by atoms with E-state index in [0.29, 0.717) is 43.8 Å². The third kappa shape index (κ3) is 5.34. The number of hydrogen-bond donors (Lipinski definition) is 1. The minimum absolute atomic E-state index is 0.0663. The molecule has 15 heteroatoms. The van der Waals surface area contributed by atoms with E-state index in [2.05, 4.69) is 25.4 Å². The highest BCUT2D eigenvalue weighted by atomic mass is 32.2.